The lowest BCUT2D eigenvalue weighted by Crippen LogP contribution is -1.93. The van der Waals surface area contributed by atoms with Gasteiger partial charge in [-0.15, -0.1) is 12.6 Å². The number of unbranched alkanes of at least 4 members (excludes halogenated alkanes) is 9. The summed E-state index contributed by atoms with van der Waals surface area (Å²) in [6.45, 7) is 2.25. The summed E-state index contributed by atoms with van der Waals surface area (Å²) in [5.74, 6) is 0. The maximum Gasteiger partial charge on any atom is 0.0744 e. The first-order valence-electron chi connectivity index (χ1n) is 8.54. The van der Waals surface area contributed by atoms with Gasteiger partial charge in [0, 0.05) is 4.90 Å². The molecule has 0 spiro atoms. The van der Waals surface area contributed by atoms with Crippen molar-refractivity contribution in [3.8, 4) is 0 Å². The lowest BCUT2D eigenvalue weighted by molar-refractivity contribution is 0.556. The molecule has 0 saturated heterocycles. The highest BCUT2D eigenvalue weighted by Gasteiger charge is 2.17. The van der Waals surface area contributed by atoms with Crippen molar-refractivity contribution in [3.63, 3.8) is 0 Å². The van der Waals surface area contributed by atoms with E-state index in [0.29, 0.717) is 25.0 Å². The van der Waals surface area contributed by atoms with E-state index in [1.807, 2.05) is 0 Å². The molecular formula is C18H26Cl4S. The van der Waals surface area contributed by atoms with Gasteiger partial charge in [-0.05, 0) is 18.4 Å². The summed E-state index contributed by atoms with van der Waals surface area (Å²) in [6.07, 6.45) is 13.8. The molecule has 0 fully saturated rings. The minimum Gasteiger partial charge on any atom is -0.140 e. The third-order valence-corrected chi connectivity index (χ3v) is 6.61. The fourth-order valence-electron chi connectivity index (χ4n) is 2.67. The van der Waals surface area contributed by atoms with Crippen LogP contribution in [0.5, 0.6) is 0 Å². The van der Waals surface area contributed by atoms with Gasteiger partial charge in [0.1, 0.15) is 0 Å². The molecule has 0 amide bonds. The van der Waals surface area contributed by atoms with Gasteiger partial charge in [0.05, 0.1) is 20.1 Å². The van der Waals surface area contributed by atoms with Gasteiger partial charge >= 0.3 is 0 Å². The van der Waals surface area contributed by atoms with Gasteiger partial charge in [-0.3, -0.25) is 0 Å². The van der Waals surface area contributed by atoms with Gasteiger partial charge in [0.15, 0.2) is 0 Å². The van der Waals surface area contributed by atoms with E-state index in [-0.39, 0.29) is 0 Å². The molecule has 0 saturated carbocycles. The van der Waals surface area contributed by atoms with E-state index >= 15 is 0 Å². The molecule has 1 aromatic rings. The van der Waals surface area contributed by atoms with Gasteiger partial charge in [-0.2, -0.15) is 0 Å². The predicted octanol–water partition coefficient (Wildman–Crippen LogP) is 9.05. The molecule has 0 atom stereocenters. The average molecular weight is 416 g/mol. The van der Waals surface area contributed by atoms with Crippen molar-refractivity contribution in [3.05, 3.63) is 25.7 Å². The Bertz CT molecular complexity index is 459. The highest BCUT2D eigenvalue weighted by molar-refractivity contribution is 7.80. The van der Waals surface area contributed by atoms with Crippen LogP contribution in [0, 0.1) is 0 Å². The molecule has 0 aromatic heterocycles. The first-order valence-corrected chi connectivity index (χ1v) is 10.5. The molecule has 1 rings (SSSR count). The summed E-state index contributed by atoms with van der Waals surface area (Å²) in [6, 6.07) is 0. The summed E-state index contributed by atoms with van der Waals surface area (Å²) in [5.41, 5.74) is 0.848. The fraction of sp³-hybridized carbons (Fsp3) is 0.667. The van der Waals surface area contributed by atoms with Crippen LogP contribution in [-0.2, 0) is 6.42 Å². The molecule has 1 aromatic carbocycles. The smallest absolute Gasteiger partial charge is 0.0744 e. The summed E-state index contributed by atoms with van der Waals surface area (Å²) in [7, 11) is 0. The van der Waals surface area contributed by atoms with E-state index < -0.39 is 0 Å². The molecule has 0 nitrogen and oxygen atoms in total. The predicted molar refractivity (Wildman–Crippen MR) is 109 cm³/mol. The van der Waals surface area contributed by atoms with Crippen molar-refractivity contribution >= 4 is 59.0 Å². The number of hydrogen-bond acceptors (Lipinski definition) is 1. The van der Waals surface area contributed by atoms with Crippen LogP contribution in [-0.4, -0.2) is 0 Å². The second-order valence-corrected chi connectivity index (χ2v) is 7.97. The zero-order chi connectivity index (χ0) is 17.2. The number of halogens is 4. The third kappa shape index (κ3) is 7.24. The minimum absolute atomic E-state index is 0.395. The van der Waals surface area contributed by atoms with Crippen molar-refractivity contribution in [2.24, 2.45) is 0 Å². The summed E-state index contributed by atoms with van der Waals surface area (Å²) in [5, 5.41) is 1.77. The topological polar surface area (TPSA) is 0 Å². The number of benzene rings is 1. The standard InChI is InChI=1S/C18H26Cl4S/c1-2-3-4-5-6-7-8-9-10-11-12-13-14(19)16(21)18(23)17(22)15(13)20/h23H,2-12H2,1H3. The third-order valence-electron chi connectivity index (χ3n) is 4.11. The lowest BCUT2D eigenvalue weighted by Gasteiger charge is -2.12. The summed E-state index contributed by atoms with van der Waals surface area (Å²) >= 11 is 29.1. The Hall–Kier alpha value is 0.730. The molecule has 0 aliphatic rings. The first kappa shape index (κ1) is 21.8. The van der Waals surface area contributed by atoms with Gasteiger partial charge in [0.2, 0.25) is 0 Å². The molecule has 132 valence electrons. The largest absolute Gasteiger partial charge is 0.140 e. The highest BCUT2D eigenvalue weighted by atomic mass is 35.5. The molecule has 0 aliphatic carbocycles. The first-order chi connectivity index (χ1) is 11.0. The van der Waals surface area contributed by atoms with Crippen LogP contribution in [0.4, 0.5) is 0 Å². The molecule has 5 heteroatoms. The molecule has 0 unspecified atom stereocenters. The molecule has 0 aliphatic heterocycles. The van der Waals surface area contributed by atoms with E-state index in [0.717, 1.165) is 18.4 Å². The maximum absolute atomic E-state index is 6.27. The van der Waals surface area contributed by atoms with Crippen molar-refractivity contribution in [2.75, 3.05) is 0 Å². The Labute approximate surface area is 166 Å². The zero-order valence-electron chi connectivity index (χ0n) is 13.7. The van der Waals surface area contributed by atoms with E-state index in [2.05, 4.69) is 19.6 Å². The number of rotatable bonds is 11. The van der Waals surface area contributed by atoms with Crippen LogP contribution in [0.15, 0.2) is 4.90 Å². The van der Waals surface area contributed by atoms with Crippen LogP contribution < -0.4 is 0 Å². The van der Waals surface area contributed by atoms with Gasteiger partial charge in [-0.25, -0.2) is 0 Å². The van der Waals surface area contributed by atoms with E-state index in [4.69, 9.17) is 46.4 Å². The second-order valence-electron chi connectivity index (χ2n) is 6.02. The maximum atomic E-state index is 6.27. The second kappa shape index (κ2) is 12.1. The zero-order valence-corrected chi connectivity index (χ0v) is 17.7. The molecule has 0 heterocycles. The van der Waals surface area contributed by atoms with Crippen molar-refractivity contribution in [1.82, 2.24) is 0 Å². The van der Waals surface area contributed by atoms with Gasteiger partial charge in [0.25, 0.3) is 0 Å². The molecule has 0 radical (unpaired) electrons. The molecular weight excluding hydrogens is 390 g/mol. The SMILES string of the molecule is CCCCCCCCCCCCc1c(Cl)c(Cl)c(S)c(Cl)c1Cl. The number of hydrogen-bond donors (Lipinski definition) is 1. The Morgan fingerprint density at radius 2 is 1.00 bits per heavy atom. The van der Waals surface area contributed by atoms with Crippen LogP contribution in [0.1, 0.15) is 76.7 Å². The van der Waals surface area contributed by atoms with Crippen molar-refractivity contribution in [2.45, 2.75) is 82.4 Å². The highest BCUT2D eigenvalue weighted by Crippen LogP contribution is 2.43. The molecule has 0 bridgehead atoms. The Morgan fingerprint density at radius 3 is 1.43 bits per heavy atom. The van der Waals surface area contributed by atoms with Gasteiger partial charge < -0.3 is 0 Å². The fourth-order valence-corrected chi connectivity index (χ4v) is 4.11. The summed E-state index contributed by atoms with van der Waals surface area (Å²) in [4.78, 5) is 0.454. The van der Waals surface area contributed by atoms with Crippen LogP contribution >= 0.6 is 59.0 Å². The average Bonchev–Trinajstić information content (AvgIpc) is 2.55. The van der Waals surface area contributed by atoms with Crippen LogP contribution in [0.3, 0.4) is 0 Å². The molecule has 23 heavy (non-hydrogen) atoms. The molecule has 0 N–H and O–H groups in total. The van der Waals surface area contributed by atoms with E-state index in [1.165, 1.54) is 57.8 Å². The van der Waals surface area contributed by atoms with Crippen LogP contribution in [0.2, 0.25) is 20.1 Å². The monoisotopic (exact) mass is 414 g/mol. The van der Waals surface area contributed by atoms with Gasteiger partial charge in [-0.1, -0.05) is 111 Å². The van der Waals surface area contributed by atoms with E-state index in [1.54, 1.807) is 0 Å². The Morgan fingerprint density at radius 1 is 0.609 bits per heavy atom. The van der Waals surface area contributed by atoms with E-state index in [9.17, 15) is 0 Å². The normalized spacial score (nSPS) is 11.2. The van der Waals surface area contributed by atoms with Crippen LogP contribution in [0.25, 0.3) is 0 Å². The minimum atomic E-state index is 0.395. The van der Waals surface area contributed by atoms with Crippen molar-refractivity contribution < 1.29 is 0 Å². The Kier molecular flexibility index (Phi) is 11.5. The number of thiol groups is 1. The summed E-state index contributed by atoms with van der Waals surface area (Å²) < 4.78 is 0. The Balaban J connectivity index is 2.27. The lowest BCUT2D eigenvalue weighted by atomic mass is 10.0. The van der Waals surface area contributed by atoms with Crippen molar-refractivity contribution in [1.29, 1.82) is 0 Å². The quantitative estimate of drug-likeness (QED) is 0.208.